The zero-order valence-electron chi connectivity index (χ0n) is 8.90. The van der Waals surface area contributed by atoms with Gasteiger partial charge in [0.1, 0.15) is 5.69 Å². The van der Waals surface area contributed by atoms with Gasteiger partial charge in [0, 0.05) is 6.42 Å². The number of Topliss-reactive ketones (excluding diaryl/α,β-unsaturated/α-hetero) is 1. The molecule has 1 aromatic heterocycles. The summed E-state index contributed by atoms with van der Waals surface area (Å²) in [4.78, 5) is 20.1. The zero-order valence-corrected chi connectivity index (χ0v) is 9.66. The summed E-state index contributed by atoms with van der Waals surface area (Å²) in [6, 6.07) is 7.36. The third kappa shape index (κ3) is 2.04. The van der Waals surface area contributed by atoms with Gasteiger partial charge in [0.15, 0.2) is 10.9 Å². The molecule has 0 aliphatic heterocycles. The summed E-state index contributed by atoms with van der Waals surface area (Å²) in [5, 5.41) is 0.192. The maximum atomic E-state index is 11.7. The molecule has 1 heterocycles. The average Bonchev–Trinajstić information content (AvgIpc) is 2.28. The van der Waals surface area contributed by atoms with Crippen LogP contribution in [-0.2, 0) is 0 Å². The van der Waals surface area contributed by atoms with E-state index in [4.69, 9.17) is 11.6 Å². The highest BCUT2D eigenvalue weighted by molar-refractivity contribution is 6.32. The number of carbonyl (C=O) groups is 1. The Bertz CT molecular complexity index is 540. The van der Waals surface area contributed by atoms with Crippen molar-refractivity contribution in [1.29, 1.82) is 0 Å². The van der Waals surface area contributed by atoms with Crippen LogP contribution in [0, 0.1) is 0 Å². The van der Waals surface area contributed by atoms with Crippen LogP contribution in [0.3, 0.4) is 0 Å². The van der Waals surface area contributed by atoms with Crippen LogP contribution >= 0.6 is 11.6 Å². The lowest BCUT2D eigenvalue weighted by molar-refractivity contribution is 0.0977. The van der Waals surface area contributed by atoms with E-state index in [0.29, 0.717) is 17.5 Å². The van der Waals surface area contributed by atoms with E-state index >= 15 is 0 Å². The SMILES string of the molecule is CCCC(=O)c1nc2ccccc2nc1Cl. The fraction of sp³-hybridized carbons (Fsp3) is 0.250. The number of halogens is 1. The van der Waals surface area contributed by atoms with Crippen molar-refractivity contribution in [3.8, 4) is 0 Å². The van der Waals surface area contributed by atoms with E-state index in [1.165, 1.54) is 0 Å². The first-order valence-electron chi connectivity index (χ1n) is 5.18. The molecule has 16 heavy (non-hydrogen) atoms. The first kappa shape index (κ1) is 11.0. The smallest absolute Gasteiger partial charge is 0.184 e. The fourth-order valence-corrected chi connectivity index (χ4v) is 1.74. The van der Waals surface area contributed by atoms with Crippen molar-refractivity contribution in [3.63, 3.8) is 0 Å². The number of rotatable bonds is 3. The van der Waals surface area contributed by atoms with Crippen LogP contribution in [-0.4, -0.2) is 15.8 Å². The molecule has 0 aliphatic carbocycles. The Hall–Kier alpha value is -1.48. The van der Waals surface area contributed by atoms with Gasteiger partial charge in [-0.25, -0.2) is 9.97 Å². The molecule has 82 valence electrons. The van der Waals surface area contributed by atoms with Crippen LogP contribution < -0.4 is 0 Å². The number of para-hydroxylation sites is 2. The van der Waals surface area contributed by atoms with E-state index < -0.39 is 0 Å². The lowest BCUT2D eigenvalue weighted by atomic mass is 10.2. The summed E-state index contributed by atoms with van der Waals surface area (Å²) in [5.74, 6) is -0.0502. The number of hydrogen-bond donors (Lipinski definition) is 0. The molecule has 4 heteroatoms. The first-order chi connectivity index (χ1) is 7.72. The Morgan fingerprint density at radius 3 is 2.50 bits per heavy atom. The molecule has 0 bridgehead atoms. The van der Waals surface area contributed by atoms with Crippen molar-refractivity contribution in [2.45, 2.75) is 19.8 Å². The van der Waals surface area contributed by atoms with Gasteiger partial charge < -0.3 is 0 Å². The number of aromatic nitrogens is 2. The Kier molecular flexibility index (Phi) is 3.15. The summed E-state index contributed by atoms with van der Waals surface area (Å²) in [6.07, 6.45) is 1.23. The topological polar surface area (TPSA) is 42.9 Å². The summed E-state index contributed by atoms with van der Waals surface area (Å²) >= 11 is 5.94. The molecule has 0 aliphatic rings. The average molecular weight is 235 g/mol. The Balaban J connectivity index is 2.54. The minimum Gasteiger partial charge on any atom is -0.292 e. The molecule has 3 nitrogen and oxygen atoms in total. The number of carbonyl (C=O) groups excluding carboxylic acids is 1. The summed E-state index contributed by atoms with van der Waals surface area (Å²) in [6.45, 7) is 1.94. The second-order valence-corrected chi connectivity index (χ2v) is 3.88. The second kappa shape index (κ2) is 4.58. The van der Waals surface area contributed by atoms with Crippen molar-refractivity contribution in [2.24, 2.45) is 0 Å². The molecular formula is C12H11ClN2O. The maximum Gasteiger partial charge on any atom is 0.184 e. The van der Waals surface area contributed by atoms with Gasteiger partial charge in [-0.05, 0) is 18.6 Å². The van der Waals surface area contributed by atoms with Gasteiger partial charge in [0.2, 0.25) is 0 Å². The number of ketones is 1. The van der Waals surface area contributed by atoms with Crippen molar-refractivity contribution in [1.82, 2.24) is 9.97 Å². The number of hydrogen-bond acceptors (Lipinski definition) is 3. The molecule has 0 atom stereocenters. The molecule has 0 spiro atoms. The molecule has 0 unspecified atom stereocenters. The molecule has 0 amide bonds. The Labute approximate surface area is 98.5 Å². The van der Waals surface area contributed by atoms with Crippen LogP contribution in [0.2, 0.25) is 5.15 Å². The third-order valence-corrected chi connectivity index (χ3v) is 2.53. The van der Waals surface area contributed by atoms with Crippen molar-refractivity contribution in [2.75, 3.05) is 0 Å². The molecule has 2 rings (SSSR count). The van der Waals surface area contributed by atoms with Gasteiger partial charge in [-0.2, -0.15) is 0 Å². The number of nitrogens with zero attached hydrogens (tertiary/aromatic N) is 2. The van der Waals surface area contributed by atoms with E-state index in [0.717, 1.165) is 6.42 Å². The molecule has 2 aromatic rings. The monoisotopic (exact) mass is 234 g/mol. The van der Waals surface area contributed by atoms with Gasteiger partial charge in [0.05, 0.1) is 11.0 Å². The fourth-order valence-electron chi connectivity index (χ4n) is 1.50. The van der Waals surface area contributed by atoms with Gasteiger partial charge in [-0.1, -0.05) is 30.7 Å². The van der Waals surface area contributed by atoms with Crippen LogP contribution in [0.1, 0.15) is 30.3 Å². The minimum atomic E-state index is -0.0502. The van der Waals surface area contributed by atoms with Crippen molar-refractivity contribution >= 4 is 28.4 Å². The predicted octanol–water partition coefficient (Wildman–Crippen LogP) is 3.27. The number of fused-ring (bicyclic) bond motifs is 1. The maximum absolute atomic E-state index is 11.7. The Morgan fingerprint density at radius 2 is 1.88 bits per heavy atom. The van der Waals surface area contributed by atoms with Gasteiger partial charge in [-0.15, -0.1) is 0 Å². The molecule has 1 aromatic carbocycles. The number of benzene rings is 1. The first-order valence-corrected chi connectivity index (χ1v) is 5.55. The summed E-state index contributed by atoms with van der Waals surface area (Å²) < 4.78 is 0. The molecule has 0 radical (unpaired) electrons. The second-order valence-electron chi connectivity index (χ2n) is 3.52. The van der Waals surface area contributed by atoms with Crippen LogP contribution in [0.5, 0.6) is 0 Å². The van der Waals surface area contributed by atoms with Gasteiger partial charge in [-0.3, -0.25) is 4.79 Å². The zero-order chi connectivity index (χ0) is 11.5. The van der Waals surface area contributed by atoms with Crippen LogP contribution in [0.25, 0.3) is 11.0 Å². The summed E-state index contributed by atoms with van der Waals surface area (Å²) in [7, 11) is 0. The normalized spacial score (nSPS) is 10.6. The third-order valence-electron chi connectivity index (χ3n) is 2.27. The highest BCUT2D eigenvalue weighted by Crippen LogP contribution is 2.18. The molecule has 0 saturated heterocycles. The van der Waals surface area contributed by atoms with Crippen LogP contribution in [0.15, 0.2) is 24.3 Å². The highest BCUT2D eigenvalue weighted by Gasteiger charge is 2.13. The molecular weight excluding hydrogens is 224 g/mol. The van der Waals surface area contributed by atoms with Crippen molar-refractivity contribution < 1.29 is 4.79 Å². The largest absolute Gasteiger partial charge is 0.292 e. The molecule has 0 N–H and O–H groups in total. The Morgan fingerprint density at radius 1 is 1.25 bits per heavy atom. The van der Waals surface area contributed by atoms with E-state index in [1.807, 2.05) is 31.2 Å². The molecule has 0 saturated carbocycles. The lowest BCUT2D eigenvalue weighted by Crippen LogP contribution is -2.04. The standard InChI is InChI=1S/C12H11ClN2O/c1-2-5-10(16)11-12(13)15-9-7-4-3-6-8(9)14-11/h3-4,6-7H,2,5H2,1H3. The van der Waals surface area contributed by atoms with E-state index in [1.54, 1.807) is 0 Å². The highest BCUT2D eigenvalue weighted by atomic mass is 35.5. The van der Waals surface area contributed by atoms with Gasteiger partial charge in [0.25, 0.3) is 0 Å². The quantitative estimate of drug-likeness (QED) is 0.766. The van der Waals surface area contributed by atoms with E-state index in [9.17, 15) is 4.79 Å². The van der Waals surface area contributed by atoms with E-state index in [2.05, 4.69) is 9.97 Å². The van der Waals surface area contributed by atoms with E-state index in [-0.39, 0.29) is 16.6 Å². The van der Waals surface area contributed by atoms with Gasteiger partial charge >= 0.3 is 0 Å². The minimum absolute atomic E-state index is 0.0502. The van der Waals surface area contributed by atoms with Crippen molar-refractivity contribution in [3.05, 3.63) is 35.1 Å². The predicted molar refractivity (Wildman–Crippen MR) is 63.8 cm³/mol. The molecule has 0 fully saturated rings. The lowest BCUT2D eigenvalue weighted by Gasteiger charge is -2.03. The summed E-state index contributed by atoms with van der Waals surface area (Å²) in [5.41, 5.74) is 1.69. The van der Waals surface area contributed by atoms with Crippen LogP contribution in [0.4, 0.5) is 0 Å².